The maximum atomic E-state index is 12.1. The van der Waals surface area contributed by atoms with Gasteiger partial charge in [-0.25, -0.2) is 0 Å². The highest BCUT2D eigenvalue weighted by Crippen LogP contribution is 2.29. The number of nitro groups is 1. The molecule has 31 heavy (non-hydrogen) atoms. The van der Waals surface area contributed by atoms with Gasteiger partial charge in [0.2, 0.25) is 5.91 Å². The number of nitrogens with one attached hydrogen (secondary N) is 2. The van der Waals surface area contributed by atoms with Gasteiger partial charge in [0.15, 0.2) is 5.11 Å². The van der Waals surface area contributed by atoms with Crippen molar-refractivity contribution in [3.8, 4) is 11.3 Å². The molecule has 0 saturated carbocycles. The normalized spacial score (nSPS) is 10.8. The van der Waals surface area contributed by atoms with E-state index < -0.39 is 10.8 Å². The van der Waals surface area contributed by atoms with Crippen molar-refractivity contribution in [3.63, 3.8) is 0 Å². The van der Waals surface area contributed by atoms with E-state index >= 15 is 0 Å². The van der Waals surface area contributed by atoms with Gasteiger partial charge < -0.3 is 9.73 Å². The van der Waals surface area contributed by atoms with E-state index in [9.17, 15) is 14.9 Å². The lowest BCUT2D eigenvalue weighted by Crippen LogP contribution is -2.33. The van der Waals surface area contributed by atoms with Crippen LogP contribution in [0.1, 0.15) is 11.3 Å². The molecule has 0 aliphatic carbocycles. The summed E-state index contributed by atoms with van der Waals surface area (Å²) in [5.74, 6) is 0.488. The molecule has 1 aromatic heterocycles. The van der Waals surface area contributed by atoms with Gasteiger partial charge in [-0.1, -0.05) is 29.3 Å². The van der Waals surface area contributed by atoms with Gasteiger partial charge in [0.05, 0.1) is 4.92 Å². The molecule has 1 amide bonds. The van der Waals surface area contributed by atoms with Crippen LogP contribution in [0, 0.1) is 17.0 Å². The Morgan fingerprint density at radius 2 is 1.84 bits per heavy atom. The first-order chi connectivity index (χ1) is 14.7. The fraction of sp³-hybridized carbons (Fsp3) is 0.0476. The van der Waals surface area contributed by atoms with E-state index in [-0.39, 0.29) is 10.8 Å². The number of furan rings is 1. The fourth-order valence-corrected chi connectivity index (χ4v) is 3.35. The number of carbonyl (C=O) groups excluding carboxylic acids is 1. The van der Waals surface area contributed by atoms with E-state index in [0.717, 1.165) is 5.56 Å². The topological polar surface area (TPSA) is 97.4 Å². The number of carbonyl (C=O) groups is 1. The Labute approximate surface area is 192 Å². The third-order valence-electron chi connectivity index (χ3n) is 4.09. The van der Waals surface area contributed by atoms with Crippen LogP contribution in [-0.2, 0) is 4.79 Å². The molecular weight excluding hydrogens is 461 g/mol. The summed E-state index contributed by atoms with van der Waals surface area (Å²) >= 11 is 17.1. The Bertz CT molecular complexity index is 1190. The fourth-order valence-electron chi connectivity index (χ4n) is 2.62. The van der Waals surface area contributed by atoms with Crippen LogP contribution in [0.3, 0.4) is 0 Å². The molecule has 1 heterocycles. The van der Waals surface area contributed by atoms with E-state index in [1.807, 2.05) is 0 Å². The molecule has 0 saturated heterocycles. The van der Waals surface area contributed by atoms with Gasteiger partial charge in [-0.3, -0.25) is 20.2 Å². The number of benzene rings is 2. The zero-order valence-electron chi connectivity index (χ0n) is 16.0. The molecule has 2 aromatic carbocycles. The number of aryl methyl sites for hydroxylation is 1. The van der Waals surface area contributed by atoms with Crippen LogP contribution in [0.5, 0.6) is 0 Å². The molecule has 3 aromatic rings. The highest BCUT2D eigenvalue weighted by molar-refractivity contribution is 7.80. The van der Waals surface area contributed by atoms with Gasteiger partial charge in [-0.15, -0.1) is 0 Å². The number of nitrogens with zero attached hydrogens (tertiary/aromatic N) is 1. The third kappa shape index (κ3) is 6.14. The molecule has 0 radical (unpaired) electrons. The van der Waals surface area contributed by atoms with Crippen molar-refractivity contribution in [2.75, 3.05) is 5.32 Å². The number of thiocarbonyl (C=S) groups is 1. The van der Waals surface area contributed by atoms with Crippen LogP contribution >= 0.6 is 35.4 Å². The average molecular weight is 476 g/mol. The second-order valence-electron chi connectivity index (χ2n) is 6.39. The van der Waals surface area contributed by atoms with Crippen LogP contribution in [0.2, 0.25) is 10.0 Å². The van der Waals surface area contributed by atoms with Crippen molar-refractivity contribution >= 4 is 63.9 Å². The van der Waals surface area contributed by atoms with Gasteiger partial charge in [-0.05, 0) is 61.1 Å². The minimum absolute atomic E-state index is 0.00644. The van der Waals surface area contributed by atoms with Crippen LogP contribution in [0.25, 0.3) is 17.4 Å². The van der Waals surface area contributed by atoms with E-state index in [2.05, 4.69) is 10.6 Å². The summed E-state index contributed by atoms with van der Waals surface area (Å²) in [7, 11) is 0. The number of anilines is 1. The van der Waals surface area contributed by atoms with Crippen molar-refractivity contribution in [3.05, 3.63) is 86.1 Å². The summed E-state index contributed by atoms with van der Waals surface area (Å²) in [5.41, 5.74) is 1.79. The van der Waals surface area contributed by atoms with Crippen molar-refractivity contribution in [1.29, 1.82) is 0 Å². The van der Waals surface area contributed by atoms with E-state index in [0.29, 0.717) is 32.8 Å². The van der Waals surface area contributed by atoms with Crippen LogP contribution in [0.15, 0.2) is 59.0 Å². The van der Waals surface area contributed by atoms with Gasteiger partial charge >= 0.3 is 0 Å². The molecule has 158 valence electrons. The number of amides is 1. The highest BCUT2D eigenvalue weighted by Gasteiger charge is 2.11. The number of halogens is 2. The van der Waals surface area contributed by atoms with Gasteiger partial charge in [0.25, 0.3) is 5.69 Å². The lowest BCUT2D eigenvalue weighted by molar-refractivity contribution is -0.384. The number of hydrogen-bond donors (Lipinski definition) is 2. The Balaban J connectivity index is 1.62. The SMILES string of the molecule is Cc1ccc([N+](=O)[O-])cc1NC(=S)NC(=O)/C=C/c1ccc(-c2cc(Cl)cc(Cl)c2)o1. The second kappa shape index (κ2) is 9.74. The Morgan fingerprint density at radius 1 is 1.13 bits per heavy atom. The molecule has 0 spiro atoms. The van der Waals surface area contributed by atoms with E-state index in [1.165, 1.54) is 24.3 Å². The predicted octanol–water partition coefficient (Wildman–Crippen LogP) is 6.00. The summed E-state index contributed by atoms with van der Waals surface area (Å²) in [6.45, 7) is 1.76. The highest BCUT2D eigenvalue weighted by atomic mass is 35.5. The molecule has 3 rings (SSSR count). The summed E-state index contributed by atoms with van der Waals surface area (Å²) in [4.78, 5) is 22.5. The Morgan fingerprint density at radius 3 is 2.52 bits per heavy atom. The van der Waals surface area contributed by atoms with Crippen molar-refractivity contribution in [1.82, 2.24) is 5.32 Å². The molecule has 10 heteroatoms. The first-order valence-corrected chi connectivity index (χ1v) is 9.99. The third-order valence-corrected chi connectivity index (χ3v) is 4.73. The summed E-state index contributed by atoms with van der Waals surface area (Å²) in [6.07, 6.45) is 2.73. The van der Waals surface area contributed by atoms with Crippen LogP contribution < -0.4 is 10.6 Å². The van der Waals surface area contributed by atoms with Crippen molar-refractivity contribution in [2.24, 2.45) is 0 Å². The zero-order valence-corrected chi connectivity index (χ0v) is 18.3. The molecular formula is C21H15Cl2N3O4S. The summed E-state index contributed by atoms with van der Waals surface area (Å²) < 4.78 is 5.69. The summed E-state index contributed by atoms with van der Waals surface area (Å²) in [5, 5.41) is 17.1. The molecule has 0 bridgehead atoms. The number of nitro benzene ring substituents is 1. The van der Waals surface area contributed by atoms with Crippen molar-refractivity contribution in [2.45, 2.75) is 6.92 Å². The van der Waals surface area contributed by atoms with E-state index in [1.54, 1.807) is 43.3 Å². The molecule has 0 unspecified atom stereocenters. The molecule has 0 aliphatic heterocycles. The quantitative estimate of drug-likeness (QED) is 0.203. The molecule has 0 aliphatic rings. The molecule has 0 fully saturated rings. The minimum Gasteiger partial charge on any atom is -0.457 e. The second-order valence-corrected chi connectivity index (χ2v) is 7.67. The monoisotopic (exact) mass is 475 g/mol. The first kappa shape index (κ1) is 22.5. The van der Waals surface area contributed by atoms with Crippen molar-refractivity contribution < 1.29 is 14.1 Å². The average Bonchev–Trinajstić information content (AvgIpc) is 3.16. The zero-order chi connectivity index (χ0) is 22.5. The molecule has 7 nitrogen and oxygen atoms in total. The number of hydrogen-bond acceptors (Lipinski definition) is 5. The first-order valence-electron chi connectivity index (χ1n) is 8.82. The number of non-ortho nitro benzene ring substituents is 1. The molecule has 0 atom stereocenters. The van der Waals surface area contributed by atoms with Gasteiger partial charge in [0, 0.05) is 39.5 Å². The van der Waals surface area contributed by atoms with Gasteiger partial charge in [0.1, 0.15) is 11.5 Å². The lowest BCUT2D eigenvalue weighted by atomic mass is 10.2. The largest absolute Gasteiger partial charge is 0.457 e. The predicted molar refractivity (Wildman–Crippen MR) is 125 cm³/mol. The van der Waals surface area contributed by atoms with Crippen LogP contribution in [0.4, 0.5) is 11.4 Å². The Hall–Kier alpha value is -3.20. The van der Waals surface area contributed by atoms with Crippen LogP contribution in [-0.4, -0.2) is 15.9 Å². The minimum atomic E-state index is -0.510. The number of rotatable bonds is 5. The van der Waals surface area contributed by atoms with Gasteiger partial charge in [-0.2, -0.15) is 0 Å². The maximum Gasteiger partial charge on any atom is 0.271 e. The lowest BCUT2D eigenvalue weighted by Gasteiger charge is -2.10. The Kier molecular flexibility index (Phi) is 7.06. The van der Waals surface area contributed by atoms with E-state index in [4.69, 9.17) is 39.8 Å². The maximum absolute atomic E-state index is 12.1. The molecule has 2 N–H and O–H groups in total. The standard InChI is InChI=1S/C21H15Cl2N3O4S/c1-12-2-3-16(26(28)29)11-18(12)24-21(31)25-20(27)7-5-17-4-6-19(30-17)13-8-14(22)10-15(23)9-13/h2-11H,1H3,(H2,24,25,27,31)/b7-5+. The smallest absolute Gasteiger partial charge is 0.271 e. The summed E-state index contributed by atoms with van der Waals surface area (Å²) in [6, 6.07) is 12.8.